The van der Waals surface area contributed by atoms with E-state index < -0.39 is 11.6 Å². The fourth-order valence-corrected chi connectivity index (χ4v) is 3.55. The lowest BCUT2D eigenvalue weighted by Crippen LogP contribution is -2.45. The van der Waals surface area contributed by atoms with Crippen LogP contribution in [-0.2, 0) is 18.3 Å². The van der Waals surface area contributed by atoms with Crippen LogP contribution in [0.15, 0.2) is 84.9 Å². The Labute approximate surface area is 163 Å². The predicted molar refractivity (Wildman–Crippen MR) is 104 cm³/mol. The molecule has 0 aliphatic rings. The van der Waals surface area contributed by atoms with Crippen molar-refractivity contribution >= 4 is 0 Å². The average molecular weight is 379 g/mol. The lowest BCUT2D eigenvalue weighted by molar-refractivity contribution is -0.193. The van der Waals surface area contributed by atoms with Crippen LogP contribution >= 0.6 is 0 Å². The SMILES string of the molecule is N#Cc1ccc(C(CCc2ccccc2)(Cc2ccccc2)C(F)(F)F)cc1. The first-order valence-electron chi connectivity index (χ1n) is 9.10. The molecule has 0 radical (unpaired) electrons. The van der Waals surface area contributed by atoms with Crippen LogP contribution in [-0.4, -0.2) is 6.18 Å². The number of hydrogen-bond donors (Lipinski definition) is 0. The van der Waals surface area contributed by atoms with Gasteiger partial charge in [0.05, 0.1) is 17.0 Å². The van der Waals surface area contributed by atoms with Crippen molar-refractivity contribution < 1.29 is 13.2 Å². The molecule has 0 spiro atoms. The number of rotatable bonds is 6. The molecule has 0 aliphatic carbocycles. The third-order valence-electron chi connectivity index (χ3n) is 5.14. The molecule has 0 saturated heterocycles. The van der Waals surface area contributed by atoms with Crippen molar-refractivity contribution in [2.75, 3.05) is 0 Å². The summed E-state index contributed by atoms with van der Waals surface area (Å²) in [7, 11) is 0. The van der Waals surface area contributed by atoms with Gasteiger partial charge in [0.1, 0.15) is 0 Å². The van der Waals surface area contributed by atoms with Crippen molar-refractivity contribution in [3.63, 3.8) is 0 Å². The molecule has 4 heteroatoms. The van der Waals surface area contributed by atoms with E-state index in [1.165, 1.54) is 24.3 Å². The van der Waals surface area contributed by atoms with Crippen LogP contribution in [0.1, 0.15) is 28.7 Å². The molecule has 0 fully saturated rings. The summed E-state index contributed by atoms with van der Waals surface area (Å²) >= 11 is 0. The molecular weight excluding hydrogens is 359 g/mol. The number of alkyl halides is 3. The van der Waals surface area contributed by atoms with Gasteiger partial charge in [0.25, 0.3) is 0 Å². The van der Waals surface area contributed by atoms with Crippen LogP contribution in [0.4, 0.5) is 13.2 Å². The highest BCUT2D eigenvalue weighted by Gasteiger charge is 2.55. The first kappa shape index (κ1) is 19.7. The Bertz CT molecular complexity index is 926. The Morgan fingerprint density at radius 1 is 0.714 bits per heavy atom. The van der Waals surface area contributed by atoms with Crippen LogP contribution in [0.3, 0.4) is 0 Å². The summed E-state index contributed by atoms with van der Waals surface area (Å²) in [5.74, 6) is 0. The van der Waals surface area contributed by atoms with E-state index in [-0.39, 0.29) is 18.4 Å². The molecule has 3 aromatic carbocycles. The number of halogens is 3. The quantitative estimate of drug-likeness (QED) is 0.498. The number of hydrogen-bond acceptors (Lipinski definition) is 1. The Hall–Kier alpha value is -3.06. The van der Waals surface area contributed by atoms with E-state index in [0.717, 1.165) is 5.56 Å². The molecule has 28 heavy (non-hydrogen) atoms. The van der Waals surface area contributed by atoms with E-state index in [9.17, 15) is 13.2 Å². The zero-order valence-corrected chi connectivity index (χ0v) is 15.3. The molecule has 1 unspecified atom stereocenters. The fourth-order valence-electron chi connectivity index (χ4n) is 3.55. The van der Waals surface area contributed by atoms with Gasteiger partial charge in [-0.15, -0.1) is 0 Å². The van der Waals surface area contributed by atoms with Crippen molar-refractivity contribution in [3.8, 4) is 6.07 Å². The smallest absolute Gasteiger partial charge is 0.192 e. The van der Waals surface area contributed by atoms with Gasteiger partial charge in [0.2, 0.25) is 0 Å². The van der Waals surface area contributed by atoms with Crippen molar-refractivity contribution in [2.24, 2.45) is 0 Å². The highest BCUT2D eigenvalue weighted by molar-refractivity contribution is 5.38. The molecule has 3 rings (SSSR count). The van der Waals surface area contributed by atoms with Gasteiger partial charge >= 0.3 is 6.18 Å². The van der Waals surface area contributed by atoms with Gasteiger partial charge in [-0.2, -0.15) is 18.4 Å². The molecule has 0 heterocycles. The summed E-state index contributed by atoms with van der Waals surface area (Å²) in [5, 5.41) is 9.01. The summed E-state index contributed by atoms with van der Waals surface area (Å²) < 4.78 is 43.7. The number of nitriles is 1. The second kappa shape index (κ2) is 8.31. The van der Waals surface area contributed by atoms with Crippen molar-refractivity contribution in [2.45, 2.75) is 30.9 Å². The molecule has 0 amide bonds. The van der Waals surface area contributed by atoms with Gasteiger partial charge < -0.3 is 0 Å². The molecule has 0 aromatic heterocycles. The zero-order valence-electron chi connectivity index (χ0n) is 15.3. The Kier molecular flexibility index (Phi) is 5.84. The van der Waals surface area contributed by atoms with Gasteiger partial charge in [0.15, 0.2) is 0 Å². The molecule has 0 bridgehead atoms. The standard InChI is InChI=1S/C24H20F3N/c25-24(26,27)23(17-20-9-5-2-6-10-20,16-15-19-7-3-1-4-8-19)22-13-11-21(18-28)12-14-22/h1-14H,15-17H2. The van der Waals surface area contributed by atoms with E-state index in [1.54, 1.807) is 30.3 Å². The van der Waals surface area contributed by atoms with Gasteiger partial charge in [-0.05, 0) is 48.1 Å². The summed E-state index contributed by atoms with van der Waals surface area (Å²) in [6, 6.07) is 25.8. The average Bonchev–Trinajstić information content (AvgIpc) is 2.72. The third kappa shape index (κ3) is 4.26. The number of benzene rings is 3. The highest BCUT2D eigenvalue weighted by atomic mass is 19.4. The van der Waals surface area contributed by atoms with Crippen LogP contribution in [0.5, 0.6) is 0 Å². The van der Waals surface area contributed by atoms with Crippen LogP contribution < -0.4 is 0 Å². The van der Waals surface area contributed by atoms with E-state index in [0.29, 0.717) is 17.5 Å². The first-order chi connectivity index (χ1) is 13.4. The summed E-state index contributed by atoms with van der Waals surface area (Å²) in [6.45, 7) is 0. The molecule has 0 N–H and O–H groups in total. The largest absolute Gasteiger partial charge is 0.398 e. The number of nitrogens with zero attached hydrogens (tertiary/aromatic N) is 1. The molecule has 0 aliphatic heterocycles. The van der Waals surface area contributed by atoms with E-state index in [1.807, 2.05) is 36.4 Å². The minimum absolute atomic E-state index is 0.0681. The van der Waals surface area contributed by atoms with Crippen LogP contribution in [0.25, 0.3) is 0 Å². The van der Waals surface area contributed by atoms with Gasteiger partial charge in [0, 0.05) is 0 Å². The van der Waals surface area contributed by atoms with Crippen LogP contribution in [0, 0.1) is 11.3 Å². The molecule has 3 aromatic rings. The van der Waals surface area contributed by atoms with E-state index in [4.69, 9.17) is 5.26 Å². The Balaban J connectivity index is 2.06. The summed E-state index contributed by atoms with van der Waals surface area (Å²) in [4.78, 5) is 0. The normalized spacial score (nSPS) is 13.5. The Morgan fingerprint density at radius 3 is 1.75 bits per heavy atom. The predicted octanol–water partition coefficient (Wildman–Crippen LogP) is 6.23. The van der Waals surface area contributed by atoms with Crippen molar-refractivity contribution in [3.05, 3.63) is 107 Å². The lowest BCUT2D eigenvalue weighted by Gasteiger charge is -2.37. The summed E-state index contributed by atoms with van der Waals surface area (Å²) in [5.41, 5.74) is 0.0227. The second-order valence-corrected chi connectivity index (χ2v) is 6.92. The molecule has 1 atom stereocenters. The monoisotopic (exact) mass is 379 g/mol. The maximum Gasteiger partial charge on any atom is 0.398 e. The topological polar surface area (TPSA) is 23.8 Å². The highest BCUT2D eigenvalue weighted by Crippen LogP contribution is 2.47. The van der Waals surface area contributed by atoms with Gasteiger partial charge in [-0.3, -0.25) is 0 Å². The van der Waals surface area contributed by atoms with Gasteiger partial charge in [-0.25, -0.2) is 0 Å². The molecule has 1 nitrogen and oxygen atoms in total. The van der Waals surface area contributed by atoms with E-state index >= 15 is 0 Å². The van der Waals surface area contributed by atoms with Crippen LogP contribution in [0.2, 0.25) is 0 Å². The molecular formula is C24H20F3N. The third-order valence-corrected chi connectivity index (χ3v) is 5.14. The number of aryl methyl sites for hydroxylation is 1. The maximum absolute atomic E-state index is 14.6. The molecule has 0 saturated carbocycles. The van der Waals surface area contributed by atoms with Crippen molar-refractivity contribution in [1.29, 1.82) is 5.26 Å². The zero-order chi connectivity index (χ0) is 20.0. The van der Waals surface area contributed by atoms with E-state index in [2.05, 4.69) is 0 Å². The Morgan fingerprint density at radius 2 is 1.25 bits per heavy atom. The minimum Gasteiger partial charge on any atom is -0.192 e. The van der Waals surface area contributed by atoms with Gasteiger partial charge in [-0.1, -0.05) is 72.8 Å². The summed E-state index contributed by atoms with van der Waals surface area (Å²) in [6.07, 6.45) is -4.34. The molecule has 142 valence electrons. The second-order valence-electron chi connectivity index (χ2n) is 6.92. The first-order valence-corrected chi connectivity index (χ1v) is 9.10. The fraction of sp³-hybridized carbons (Fsp3) is 0.208. The van der Waals surface area contributed by atoms with Crippen molar-refractivity contribution in [1.82, 2.24) is 0 Å². The maximum atomic E-state index is 14.6. The minimum atomic E-state index is -4.44. The lowest BCUT2D eigenvalue weighted by atomic mass is 9.71.